The van der Waals surface area contributed by atoms with Crippen molar-refractivity contribution in [2.45, 2.75) is 182 Å². The molecule has 306 valence electrons. The number of carbonyl (C=O) groups is 2. The van der Waals surface area contributed by atoms with Crippen LogP contribution >= 0.6 is 54.5 Å². The number of halogens is 2. The van der Waals surface area contributed by atoms with Gasteiger partial charge in [0, 0.05) is 23.5 Å². The van der Waals surface area contributed by atoms with Gasteiger partial charge in [-0.2, -0.15) is 0 Å². The first kappa shape index (κ1) is 43.8. The molecule has 0 aromatic carbocycles. The molecular formula is C48H66Br2N2O2S2. The molecule has 2 aromatic rings. The molecule has 0 N–H and O–H groups in total. The van der Waals surface area contributed by atoms with E-state index in [9.17, 15) is 9.59 Å². The smallest absolute Gasteiger partial charge is 0.265 e. The molecule has 0 aliphatic carbocycles. The van der Waals surface area contributed by atoms with Gasteiger partial charge in [-0.1, -0.05) is 169 Å². The standard InChI is InChI=1S/C48H66Br2N2O2S2/c1-5-9-13-17-18-22-26-34(25-21-16-12-8-4)28-36-32-52-44(46-38(36)30-40(50)56-46)42-41(48(52)54)43-45-37(29-39(49)55-45)35(31-51(43)47(42)53)27-33(23-19-14-10-6-2)24-20-15-11-7-3/h29-34H,5-28H2,1-4H3. The lowest BCUT2D eigenvalue weighted by Gasteiger charge is -2.29. The second-order valence-electron chi connectivity index (χ2n) is 16.9. The molecule has 8 heteroatoms. The van der Waals surface area contributed by atoms with Gasteiger partial charge in [0.25, 0.3) is 11.8 Å². The number of carbonyl (C=O) groups excluding carboxylic acids is 2. The summed E-state index contributed by atoms with van der Waals surface area (Å²) in [6.45, 7) is 9.13. The zero-order valence-corrected chi connectivity index (χ0v) is 39.5. The lowest BCUT2D eigenvalue weighted by molar-refractivity contribution is -0.122. The molecule has 1 atom stereocenters. The third-order valence-corrected chi connectivity index (χ3v) is 15.8. The van der Waals surface area contributed by atoms with Crippen LogP contribution in [-0.4, -0.2) is 21.6 Å². The van der Waals surface area contributed by atoms with Crippen LogP contribution in [-0.2, 0) is 9.59 Å². The third kappa shape index (κ3) is 10.2. The molecule has 0 radical (unpaired) electrons. The van der Waals surface area contributed by atoms with Gasteiger partial charge in [-0.25, -0.2) is 0 Å². The Morgan fingerprint density at radius 2 is 0.821 bits per heavy atom. The Morgan fingerprint density at radius 1 is 0.500 bits per heavy atom. The van der Waals surface area contributed by atoms with E-state index in [1.807, 2.05) is 9.80 Å². The highest BCUT2D eigenvalue weighted by Gasteiger charge is 2.52. The molecule has 1 unspecified atom stereocenters. The molecule has 0 saturated heterocycles. The van der Waals surface area contributed by atoms with E-state index < -0.39 is 0 Å². The Balaban J connectivity index is 1.30. The average molecular weight is 927 g/mol. The van der Waals surface area contributed by atoms with Crippen LogP contribution in [0, 0.1) is 11.8 Å². The first-order chi connectivity index (χ1) is 27.3. The van der Waals surface area contributed by atoms with E-state index in [-0.39, 0.29) is 11.8 Å². The van der Waals surface area contributed by atoms with Gasteiger partial charge in [-0.05, 0) is 79.8 Å². The topological polar surface area (TPSA) is 40.6 Å². The van der Waals surface area contributed by atoms with E-state index in [0.717, 1.165) is 41.6 Å². The van der Waals surface area contributed by atoms with Gasteiger partial charge < -0.3 is 0 Å². The van der Waals surface area contributed by atoms with E-state index in [1.165, 1.54) is 164 Å². The number of fused-ring (bicyclic) bond motifs is 7. The van der Waals surface area contributed by atoms with Crippen molar-refractivity contribution in [2.75, 3.05) is 0 Å². The molecule has 6 rings (SSSR count). The highest BCUT2D eigenvalue weighted by atomic mass is 79.9. The molecule has 0 saturated carbocycles. The normalized spacial score (nSPS) is 16.5. The maximum Gasteiger partial charge on any atom is 0.265 e. The van der Waals surface area contributed by atoms with Crippen LogP contribution < -0.4 is 0 Å². The van der Waals surface area contributed by atoms with E-state index in [4.69, 9.17) is 0 Å². The van der Waals surface area contributed by atoms with E-state index in [1.54, 1.807) is 22.7 Å². The van der Waals surface area contributed by atoms with Crippen LogP contribution in [0.2, 0.25) is 0 Å². The van der Waals surface area contributed by atoms with Crippen LogP contribution in [0.5, 0.6) is 0 Å². The molecule has 6 heterocycles. The maximum atomic E-state index is 14.8. The number of thiophene rings is 2. The summed E-state index contributed by atoms with van der Waals surface area (Å²) in [6, 6.07) is 4.48. The molecule has 4 nitrogen and oxygen atoms in total. The molecule has 0 spiro atoms. The number of nitrogens with zero attached hydrogens (tertiary/aromatic N) is 2. The molecule has 2 aromatic heterocycles. The minimum atomic E-state index is -0.0554. The lowest BCUT2D eigenvalue weighted by Crippen LogP contribution is -2.27. The van der Waals surface area contributed by atoms with Crippen LogP contribution in [0.3, 0.4) is 0 Å². The molecule has 2 amide bonds. The van der Waals surface area contributed by atoms with Crippen molar-refractivity contribution in [1.82, 2.24) is 9.80 Å². The first-order valence-corrected chi connectivity index (χ1v) is 25.7. The molecule has 0 bridgehead atoms. The summed E-state index contributed by atoms with van der Waals surface area (Å²) >= 11 is 11.0. The fourth-order valence-electron chi connectivity index (χ4n) is 9.47. The first-order valence-electron chi connectivity index (χ1n) is 22.5. The Kier molecular flexibility index (Phi) is 16.8. The third-order valence-electron chi connectivity index (χ3n) is 12.5. The molecule has 4 aliphatic heterocycles. The Labute approximate surface area is 363 Å². The summed E-state index contributed by atoms with van der Waals surface area (Å²) in [5.74, 6) is 1.08. The van der Waals surface area contributed by atoms with Gasteiger partial charge in [0.1, 0.15) is 0 Å². The van der Waals surface area contributed by atoms with Crippen molar-refractivity contribution in [3.8, 4) is 0 Å². The number of rotatable bonds is 26. The highest BCUT2D eigenvalue weighted by Crippen LogP contribution is 2.56. The van der Waals surface area contributed by atoms with Crippen molar-refractivity contribution < 1.29 is 9.59 Å². The van der Waals surface area contributed by atoms with Crippen molar-refractivity contribution >= 4 is 88.9 Å². The summed E-state index contributed by atoms with van der Waals surface area (Å²) in [5, 5.41) is 0. The number of unbranched alkanes of at least 4 members (excludes halogenated alkanes) is 14. The Hall–Kier alpha value is -1.74. The summed E-state index contributed by atoms with van der Waals surface area (Å²) in [6.07, 6.45) is 34.4. The highest BCUT2D eigenvalue weighted by molar-refractivity contribution is 9.11. The zero-order chi connectivity index (χ0) is 39.6. The van der Waals surface area contributed by atoms with Crippen LogP contribution in [0.1, 0.15) is 203 Å². The van der Waals surface area contributed by atoms with Gasteiger partial charge in [-0.3, -0.25) is 19.4 Å². The maximum absolute atomic E-state index is 14.8. The number of allylic oxidation sites excluding steroid dienone is 2. The van der Waals surface area contributed by atoms with Crippen molar-refractivity contribution in [3.05, 3.63) is 64.1 Å². The number of hydrogen-bond donors (Lipinski definition) is 0. The quantitative estimate of drug-likeness (QED) is 0.0882. The largest absolute Gasteiger partial charge is 0.281 e. The monoisotopic (exact) mass is 924 g/mol. The van der Waals surface area contributed by atoms with Crippen molar-refractivity contribution in [2.24, 2.45) is 11.8 Å². The molecule has 4 aliphatic rings. The fraction of sp³-hybridized carbons (Fsp3) is 0.625. The van der Waals surface area contributed by atoms with Crippen LogP contribution in [0.25, 0.3) is 22.5 Å². The minimum Gasteiger partial charge on any atom is -0.281 e. The van der Waals surface area contributed by atoms with Crippen molar-refractivity contribution in [3.63, 3.8) is 0 Å². The number of amides is 2. The summed E-state index contributed by atoms with van der Waals surface area (Å²) in [5.41, 5.74) is 7.63. The summed E-state index contributed by atoms with van der Waals surface area (Å²) in [4.78, 5) is 35.4. The SMILES string of the molecule is CCCCCCCCC(CCCCCC)CC1=CN2C(=O)C3=C4c5sc(Br)cc5C(CC(CCCCCC)CCCCCC)=CN4C(=O)C3=C2c2sc(Br)cc21. The molecule has 56 heavy (non-hydrogen) atoms. The Bertz CT molecular complexity index is 1800. The second kappa shape index (κ2) is 21.5. The minimum absolute atomic E-state index is 0.0546. The van der Waals surface area contributed by atoms with E-state index in [0.29, 0.717) is 23.0 Å². The van der Waals surface area contributed by atoms with E-state index >= 15 is 0 Å². The predicted molar refractivity (Wildman–Crippen MR) is 248 cm³/mol. The fourth-order valence-corrected chi connectivity index (χ4v) is 12.8. The predicted octanol–water partition coefficient (Wildman–Crippen LogP) is 16.5. The number of hydrogen-bond acceptors (Lipinski definition) is 4. The molecule has 0 fully saturated rings. The van der Waals surface area contributed by atoms with Crippen LogP contribution in [0.4, 0.5) is 0 Å². The van der Waals surface area contributed by atoms with Gasteiger partial charge in [-0.15, -0.1) is 22.7 Å². The van der Waals surface area contributed by atoms with E-state index in [2.05, 4.69) is 84.1 Å². The average Bonchev–Trinajstić information content (AvgIpc) is 3.92. The zero-order valence-electron chi connectivity index (χ0n) is 34.7. The van der Waals surface area contributed by atoms with Gasteiger partial charge >= 0.3 is 0 Å². The van der Waals surface area contributed by atoms with Gasteiger partial charge in [0.15, 0.2) is 0 Å². The van der Waals surface area contributed by atoms with Gasteiger partial charge in [0.05, 0.1) is 39.9 Å². The second-order valence-corrected chi connectivity index (χ2v) is 21.8. The summed E-state index contributed by atoms with van der Waals surface area (Å²) in [7, 11) is 0. The van der Waals surface area contributed by atoms with Crippen LogP contribution in [0.15, 0.2) is 43.3 Å². The van der Waals surface area contributed by atoms with Crippen molar-refractivity contribution in [1.29, 1.82) is 0 Å². The summed E-state index contributed by atoms with van der Waals surface area (Å²) < 4.78 is 2.09. The molecular weight excluding hydrogens is 860 g/mol. The lowest BCUT2D eigenvalue weighted by atomic mass is 9.85. The van der Waals surface area contributed by atoms with Gasteiger partial charge in [0.2, 0.25) is 0 Å². The Morgan fingerprint density at radius 3 is 1.18 bits per heavy atom.